The minimum absolute atomic E-state index is 0.170. The second-order valence-corrected chi connectivity index (χ2v) is 8.10. The van der Waals surface area contributed by atoms with Crippen molar-refractivity contribution in [1.29, 1.82) is 0 Å². The second kappa shape index (κ2) is 9.50. The van der Waals surface area contributed by atoms with E-state index in [0.29, 0.717) is 17.7 Å². The number of hydrogen-bond donors (Lipinski definition) is 2. The van der Waals surface area contributed by atoms with Gasteiger partial charge in [0.1, 0.15) is 5.82 Å². The Labute approximate surface area is 160 Å². The lowest BCUT2D eigenvalue weighted by atomic mass is 10.2. The third kappa shape index (κ3) is 6.06. The molecule has 2 aromatic rings. The van der Waals surface area contributed by atoms with Crippen LogP contribution in [0.5, 0.6) is 0 Å². The Bertz CT molecular complexity index is 898. The van der Waals surface area contributed by atoms with Crippen LogP contribution in [0.3, 0.4) is 0 Å². The van der Waals surface area contributed by atoms with Crippen LogP contribution in [0.4, 0.5) is 10.1 Å². The highest BCUT2D eigenvalue weighted by Crippen LogP contribution is 2.19. The maximum absolute atomic E-state index is 13.7. The third-order valence-electron chi connectivity index (χ3n) is 4.15. The highest BCUT2D eigenvalue weighted by molar-refractivity contribution is 7.92. The summed E-state index contributed by atoms with van der Waals surface area (Å²) in [5, 5.41) is 2.83. The van der Waals surface area contributed by atoms with E-state index >= 15 is 0 Å². The molecule has 2 N–H and O–H groups in total. The first-order valence-corrected chi connectivity index (χ1v) is 10.5. The molecule has 2 rings (SSSR count). The SMILES string of the molecule is CCCCCCNC(=O)c1cccc(NS(=O)(=O)c2ccc(C)c(F)c2)c1. The number of carbonyl (C=O) groups is 1. The van der Waals surface area contributed by atoms with Crippen molar-refractivity contribution >= 4 is 21.6 Å². The summed E-state index contributed by atoms with van der Waals surface area (Å²) >= 11 is 0. The first-order chi connectivity index (χ1) is 12.8. The van der Waals surface area contributed by atoms with E-state index in [1.54, 1.807) is 25.1 Å². The van der Waals surface area contributed by atoms with Gasteiger partial charge >= 0.3 is 0 Å². The predicted molar refractivity (Wildman–Crippen MR) is 105 cm³/mol. The molecule has 0 unspecified atom stereocenters. The summed E-state index contributed by atoms with van der Waals surface area (Å²) in [7, 11) is -3.94. The summed E-state index contributed by atoms with van der Waals surface area (Å²) in [6.07, 6.45) is 4.22. The lowest BCUT2D eigenvalue weighted by Gasteiger charge is -2.10. The van der Waals surface area contributed by atoms with E-state index in [2.05, 4.69) is 17.0 Å². The summed E-state index contributed by atoms with van der Waals surface area (Å²) in [4.78, 5) is 12.0. The predicted octanol–water partition coefficient (Wildman–Crippen LogP) is 4.25. The third-order valence-corrected chi connectivity index (χ3v) is 5.53. The molecule has 0 spiro atoms. The molecule has 0 aromatic heterocycles. The van der Waals surface area contributed by atoms with E-state index in [-0.39, 0.29) is 16.5 Å². The zero-order valence-electron chi connectivity index (χ0n) is 15.6. The van der Waals surface area contributed by atoms with E-state index < -0.39 is 15.8 Å². The Morgan fingerprint density at radius 3 is 2.56 bits per heavy atom. The number of unbranched alkanes of at least 4 members (excludes halogenated alkanes) is 3. The van der Waals surface area contributed by atoms with Crippen molar-refractivity contribution in [3.8, 4) is 0 Å². The molecule has 0 atom stereocenters. The molecule has 0 radical (unpaired) electrons. The summed E-state index contributed by atoms with van der Waals surface area (Å²) in [6, 6.07) is 9.94. The van der Waals surface area contributed by atoms with Crippen LogP contribution in [0.15, 0.2) is 47.4 Å². The fourth-order valence-electron chi connectivity index (χ4n) is 2.53. The topological polar surface area (TPSA) is 75.3 Å². The van der Waals surface area contributed by atoms with Crippen LogP contribution >= 0.6 is 0 Å². The number of amides is 1. The van der Waals surface area contributed by atoms with Crippen molar-refractivity contribution in [2.24, 2.45) is 0 Å². The first-order valence-electron chi connectivity index (χ1n) is 9.00. The fraction of sp³-hybridized carbons (Fsp3) is 0.350. The number of halogens is 1. The Morgan fingerprint density at radius 1 is 1.07 bits per heavy atom. The number of rotatable bonds is 9. The molecule has 0 aliphatic rings. The maximum Gasteiger partial charge on any atom is 0.261 e. The van der Waals surface area contributed by atoms with Crippen molar-refractivity contribution in [3.63, 3.8) is 0 Å². The van der Waals surface area contributed by atoms with Gasteiger partial charge in [-0.25, -0.2) is 12.8 Å². The minimum Gasteiger partial charge on any atom is -0.352 e. The van der Waals surface area contributed by atoms with Crippen LogP contribution in [-0.2, 0) is 10.0 Å². The molecule has 0 heterocycles. The van der Waals surface area contributed by atoms with Crippen LogP contribution < -0.4 is 10.0 Å². The van der Waals surface area contributed by atoms with Gasteiger partial charge < -0.3 is 5.32 Å². The smallest absolute Gasteiger partial charge is 0.261 e. The van der Waals surface area contributed by atoms with E-state index in [0.717, 1.165) is 31.7 Å². The highest BCUT2D eigenvalue weighted by Gasteiger charge is 2.16. The summed E-state index contributed by atoms with van der Waals surface area (Å²) in [5.41, 5.74) is 0.974. The summed E-state index contributed by atoms with van der Waals surface area (Å²) in [5.74, 6) is -0.844. The lowest BCUT2D eigenvalue weighted by Crippen LogP contribution is -2.24. The van der Waals surface area contributed by atoms with Gasteiger partial charge in [0.15, 0.2) is 0 Å². The number of hydrogen-bond acceptors (Lipinski definition) is 3. The molecule has 0 saturated heterocycles. The van der Waals surface area contributed by atoms with Gasteiger partial charge in [0, 0.05) is 17.8 Å². The molecule has 7 heteroatoms. The van der Waals surface area contributed by atoms with Gasteiger partial charge in [0.25, 0.3) is 15.9 Å². The molecular formula is C20H25FN2O3S. The molecular weight excluding hydrogens is 367 g/mol. The zero-order valence-corrected chi connectivity index (χ0v) is 16.4. The highest BCUT2D eigenvalue weighted by atomic mass is 32.2. The molecule has 0 bridgehead atoms. The molecule has 5 nitrogen and oxygen atoms in total. The number of anilines is 1. The van der Waals surface area contributed by atoms with Crippen LogP contribution in [0.1, 0.15) is 48.5 Å². The van der Waals surface area contributed by atoms with Crippen LogP contribution in [0.25, 0.3) is 0 Å². The first kappa shape index (κ1) is 20.9. The molecule has 0 saturated carbocycles. The van der Waals surface area contributed by atoms with Crippen LogP contribution in [0, 0.1) is 12.7 Å². The van der Waals surface area contributed by atoms with Crippen LogP contribution in [-0.4, -0.2) is 20.9 Å². The summed E-state index contributed by atoms with van der Waals surface area (Å²) < 4.78 is 40.9. The maximum atomic E-state index is 13.7. The minimum atomic E-state index is -3.94. The van der Waals surface area contributed by atoms with E-state index in [4.69, 9.17) is 0 Å². The van der Waals surface area contributed by atoms with Gasteiger partial charge in [0.2, 0.25) is 0 Å². The van der Waals surface area contributed by atoms with Gasteiger partial charge in [-0.2, -0.15) is 0 Å². The van der Waals surface area contributed by atoms with E-state index in [9.17, 15) is 17.6 Å². The molecule has 0 fully saturated rings. The van der Waals surface area contributed by atoms with Gasteiger partial charge in [0.05, 0.1) is 4.90 Å². The second-order valence-electron chi connectivity index (χ2n) is 6.41. The summed E-state index contributed by atoms with van der Waals surface area (Å²) in [6.45, 7) is 4.26. The van der Waals surface area contributed by atoms with Gasteiger partial charge in [-0.05, 0) is 49.2 Å². The number of carbonyl (C=O) groups excluding carboxylic acids is 1. The Morgan fingerprint density at radius 2 is 1.85 bits per heavy atom. The van der Waals surface area contributed by atoms with Crippen molar-refractivity contribution < 1.29 is 17.6 Å². The van der Waals surface area contributed by atoms with Crippen molar-refractivity contribution in [3.05, 3.63) is 59.4 Å². The molecule has 27 heavy (non-hydrogen) atoms. The Hall–Kier alpha value is -2.41. The largest absolute Gasteiger partial charge is 0.352 e. The van der Waals surface area contributed by atoms with E-state index in [1.807, 2.05) is 0 Å². The number of nitrogens with one attached hydrogen (secondary N) is 2. The van der Waals surface area contributed by atoms with Gasteiger partial charge in [-0.1, -0.05) is 38.3 Å². The number of aryl methyl sites for hydroxylation is 1. The van der Waals surface area contributed by atoms with Gasteiger partial charge in [-0.15, -0.1) is 0 Å². The lowest BCUT2D eigenvalue weighted by molar-refractivity contribution is 0.0953. The van der Waals surface area contributed by atoms with Crippen LogP contribution in [0.2, 0.25) is 0 Å². The monoisotopic (exact) mass is 392 g/mol. The fourth-order valence-corrected chi connectivity index (χ4v) is 3.60. The Kier molecular flexibility index (Phi) is 7.36. The van der Waals surface area contributed by atoms with Crippen molar-refractivity contribution in [1.82, 2.24) is 5.32 Å². The molecule has 1 amide bonds. The van der Waals surface area contributed by atoms with Crippen molar-refractivity contribution in [2.75, 3.05) is 11.3 Å². The average Bonchev–Trinajstić information content (AvgIpc) is 2.63. The van der Waals surface area contributed by atoms with Gasteiger partial charge in [-0.3, -0.25) is 9.52 Å². The Balaban J connectivity index is 2.06. The standard InChI is InChI=1S/C20H25FN2O3S/c1-3-4-5-6-12-22-20(24)16-8-7-9-17(13-16)23-27(25,26)18-11-10-15(2)19(21)14-18/h7-11,13-14,23H,3-6,12H2,1-2H3,(H,22,24). The zero-order chi connectivity index (χ0) is 19.9. The number of sulfonamides is 1. The molecule has 2 aromatic carbocycles. The quantitative estimate of drug-likeness (QED) is 0.627. The molecule has 146 valence electrons. The van der Waals surface area contributed by atoms with Crippen molar-refractivity contribution in [2.45, 2.75) is 44.4 Å². The average molecular weight is 392 g/mol. The van der Waals surface area contributed by atoms with E-state index in [1.165, 1.54) is 18.2 Å². The number of benzene rings is 2. The molecule has 0 aliphatic heterocycles. The normalized spacial score (nSPS) is 11.2. The molecule has 0 aliphatic carbocycles.